The van der Waals surface area contributed by atoms with Crippen molar-refractivity contribution in [2.75, 3.05) is 46.4 Å². The average molecular weight is 398 g/mol. The first-order chi connectivity index (χ1) is 13.1. The quantitative estimate of drug-likeness (QED) is 0.504. The van der Waals surface area contributed by atoms with Gasteiger partial charge in [-0.05, 0) is 58.7 Å². The van der Waals surface area contributed by atoms with Crippen LogP contribution in [-0.4, -0.2) is 85.3 Å². The fourth-order valence-electron chi connectivity index (χ4n) is 3.85. The Kier molecular flexibility index (Phi) is 8.74. The number of hydrogen-bond donors (Lipinski definition) is 1. The molecule has 2 fully saturated rings. The summed E-state index contributed by atoms with van der Waals surface area (Å²) in [7, 11) is 2.13. The van der Waals surface area contributed by atoms with E-state index in [1.165, 1.54) is 19.3 Å². The standard InChI is InChI=1S/C22H43N3O3/c1-21(2,3)22(4,5)28-20-12-18(14-24(6)16-20)13-23-27-17-19(26)15-25-10-8-7-9-11-25/h13,18-20,26H,7-12,14-17H2,1-6H3/b23-13+/t18-,19?,20+/m1/s1. The number of likely N-dealkylation sites (tertiary alicyclic amines) is 2. The molecule has 2 aliphatic rings. The number of β-amino-alcohol motifs (C(OH)–C–C–N with tert-alkyl or cyclic N) is 1. The molecule has 0 amide bonds. The second-order valence-corrected chi connectivity index (χ2v) is 10.3. The second kappa shape index (κ2) is 10.4. The van der Waals surface area contributed by atoms with Gasteiger partial charge in [-0.15, -0.1) is 0 Å². The molecular weight excluding hydrogens is 354 g/mol. The lowest BCUT2D eigenvalue weighted by molar-refractivity contribution is -0.147. The zero-order valence-corrected chi connectivity index (χ0v) is 19.0. The summed E-state index contributed by atoms with van der Waals surface area (Å²) in [6.07, 6.45) is 6.33. The van der Waals surface area contributed by atoms with Gasteiger partial charge in [0, 0.05) is 31.8 Å². The van der Waals surface area contributed by atoms with Crippen LogP contribution in [0, 0.1) is 11.3 Å². The predicted molar refractivity (Wildman–Crippen MR) is 115 cm³/mol. The van der Waals surface area contributed by atoms with Crippen LogP contribution < -0.4 is 0 Å². The molecule has 0 saturated carbocycles. The van der Waals surface area contributed by atoms with Crippen LogP contribution in [0.25, 0.3) is 0 Å². The maximum atomic E-state index is 10.2. The van der Waals surface area contributed by atoms with Crippen molar-refractivity contribution in [1.82, 2.24) is 9.80 Å². The number of hydrogen-bond acceptors (Lipinski definition) is 6. The molecule has 2 heterocycles. The zero-order chi connectivity index (χ0) is 20.8. The number of oxime groups is 1. The summed E-state index contributed by atoms with van der Waals surface area (Å²) >= 11 is 0. The van der Waals surface area contributed by atoms with E-state index in [0.29, 0.717) is 12.5 Å². The van der Waals surface area contributed by atoms with E-state index in [0.717, 1.165) is 32.6 Å². The second-order valence-electron chi connectivity index (χ2n) is 10.3. The molecule has 0 radical (unpaired) electrons. The maximum Gasteiger partial charge on any atom is 0.144 e. The molecule has 1 unspecified atom stereocenters. The van der Waals surface area contributed by atoms with E-state index in [1.807, 2.05) is 6.21 Å². The third kappa shape index (κ3) is 7.62. The van der Waals surface area contributed by atoms with Crippen molar-refractivity contribution in [3.05, 3.63) is 0 Å². The van der Waals surface area contributed by atoms with Crippen molar-refractivity contribution in [3.8, 4) is 0 Å². The van der Waals surface area contributed by atoms with Gasteiger partial charge in [0.05, 0.1) is 11.7 Å². The fourth-order valence-corrected chi connectivity index (χ4v) is 3.85. The van der Waals surface area contributed by atoms with Crippen LogP contribution in [0.3, 0.4) is 0 Å². The van der Waals surface area contributed by atoms with Gasteiger partial charge < -0.3 is 24.5 Å². The summed E-state index contributed by atoms with van der Waals surface area (Å²) in [5.74, 6) is 0.304. The Morgan fingerprint density at radius 3 is 2.43 bits per heavy atom. The molecule has 0 aromatic heterocycles. The van der Waals surface area contributed by atoms with Gasteiger partial charge in [-0.3, -0.25) is 0 Å². The zero-order valence-electron chi connectivity index (χ0n) is 19.0. The normalized spacial score (nSPS) is 27.2. The summed E-state index contributed by atoms with van der Waals surface area (Å²) in [6, 6.07) is 0. The van der Waals surface area contributed by atoms with Gasteiger partial charge in [0.1, 0.15) is 12.7 Å². The minimum atomic E-state index is -0.479. The highest BCUT2D eigenvalue weighted by Crippen LogP contribution is 2.35. The Morgan fingerprint density at radius 2 is 1.79 bits per heavy atom. The van der Waals surface area contributed by atoms with E-state index in [2.05, 4.69) is 56.6 Å². The van der Waals surface area contributed by atoms with Crippen LogP contribution in [0.5, 0.6) is 0 Å². The highest BCUT2D eigenvalue weighted by atomic mass is 16.6. The lowest BCUT2D eigenvalue weighted by atomic mass is 9.78. The predicted octanol–water partition coefficient (Wildman–Crippen LogP) is 3.00. The van der Waals surface area contributed by atoms with Gasteiger partial charge in [0.25, 0.3) is 0 Å². The Bertz CT molecular complexity index is 484. The van der Waals surface area contributed by atoms with Gasteiger partial charge >= 0.3 is 0 Å². The number of piperidine rings is 2. The lowest BCUT2D eigenvalue weighted by Crippen LogP contribution is -2.49. The van der Waals surface area contributed by atoms with E-state index >= 15 is 0 Å². The van der Waals surface area contributed by atoms with Gasteiger partial charge in [0.2, 0.25) is 0 Å². The van der Waals surface area contributed by atoms with Crippen LogP contribution in [0.1, 0.15) is 60.3 Å². The lowest BCUT2D eigenvalue weighted by Gasteiger charge is -2.44. The van der Waals surface area contributed by atoms with E-state index < -0.39 is 6.10 Å². The minimum absolute atomic E-state index is 0.0835. The van der Waals surface area contributed by atoms with Crippen molar-refractivity contribution in [1.29, 1.82) is 0 Å². The molecule has 2 saturated heterocycles. The number of rotatable bonds is 8. The van der Waals surface area contributed by atoms with Crippen LogP contribution in [-0.2, 0) is 9.57 Å². The molecule has 2 aliphatic heterocycles. The molecule has 164 valence electrons. The van der Waals surface area contributed by atoms with Crippen LogP contribution in [0.15, 0.2) is 5.16 Å². The fraction of sp³-hybridized carbons (Fsp3) is 0.955. The van der Waals surface area contributed by atoms with Gasteiger partial charge in [-0.2, -0.15) is 0 Å². The van der Waals surface area contributed by atoms with Gasteiger partial charge in [-0.25, -0.2) is 0 Å². The molecule has 0 aliphatic carbocycles. The van der Waals surface area contributed by atoms with Crippen molar-refractivity contribution < 1.29 is 14.7 Å². The molecule has 2 rings (SSSR count). The number of likely N-dealkylation sites (N-methyl/N-ethyl adjacent to an activating group) is 1. The molecule has 0 aromatic rings. The van der Waals surface area contributed by atoms with E-state index in [4.69, 9.17) is 9.57 Å². The van der Waals surface area contributed by atoms with Crippen molar-refractivity contribution in [2.24, 2.45) is 16.5 Å². The number of aliphatic hydroxyl groups excluding tert-OH is 1. The Labute approximate surface area is 172 Å². The third-order valence-corrected chi connectivity index (χ3v) is 6.43. The molecule has 6 heteroatoms. The van der Waals surface area contributed by atoms with Crippen molar-refractivity contribution in [3.63, 3.8) is 0 Å². The molecule has 6 nitrogen and oxygen atoms in total. The molecule has 0 spiro atoms. The molecule has 0 aromatic carbocycles. The molecule has 1 N–H and O–H groups in total. The van der Waals surface area contributed by atoms with E-state index in [9.17, 15) is 5.11 Å². The smallest absolute Gasteiger partial charge is 0.144 e. The monoisotopic (exact) mass is 397 g/mol. The molecule has 0 bridgehead atoms. The first-order valence-corrected chi connectivity index (χ1v) is 11.0. The average Bonchev–Trinajstić information content (AvgIpc) is 2.58. The first-order valence-electron chi connectivity index (χ1n) is 11.0. The molecule has 3 atom stereocenters. The molecular formula is C22H43N3O3. The number of ether oxygens (including phenoxy) is 1. The number of nitrogens with zero attached hydrogens (tertiary/aromatic N) is 3. The van der Waals surface area contributed by atoms with Crippen LogP contribution in [0.4, 0.5) is 0 Å². The SMILES string of the molecule is CN1C[C@@H](/C=N/OCC(O)CN2CCCCC2)C[C@H](OC(C)(C)C(C)(C)C)C1. The van der Waals surface area contributed by atoms with E-state index in [-0.39, 0.29) is 23.7 Å². The van der Waals surface area contributed by atoms with Crippen LogP contribution >= 0.6 is 0 Å². The van der Waals surface area contributed by atoms with E-state index in [1.54, 1.807) is 0 Å². The summed E-state index contributed by atoms with van der Waals surface area (Å²) in [6.45, 7) is 16.0. The molecule has 28 heavy (non-hydrogen) atoms. The third-order valence-electron chi connectivity index (χ3n) is 6.43. The Hall–Kier alpha value is -0.690. The summed E-state index contributed by atoms with van der Waals surface area (Å²) in [5, 5.41) is 14.3. The highest BCUT2D eigenvalue weighted by Gasteiger charge is 2.38. The van der Waals surface area contributed by atoms with Gasteiger partial charge in [0.15, 0.2) is 0 Å². The number of aliphatic hydroxyl groups is 1. The van der Waals surface area contributed by atoms with Gasteiger partial charge in [-0.1, -0.05) is 32.3 Å². The summed E-state index contributed by atoms with van der Waals surface area (Å²) < 4.78 is 6.48. The van der Waals surface area contributed by atoms with Crippen molar-refractivity contribution in [2.45, 2.75) is 78.1 Å². The maximum absolute atomic E-state index is 10.2. The Balaban J connectivity index is 1.74. The summed E-state index contributed by atoms with van der Waals surface area (Å²) in [4.78, 5) is 10.0. The summed E-state index contributed by atoms with van der Waals surface area (Å²) in [5.41, 5.74) is -0.104. The Morgan fingerprint density at radius 1 is 1.11 bits per heavy atom. The van der Waals surface area contributed by atoms with Crippen LogP contribution in [0.2, 0.25) is 0 Å². The minimum Gasteiger partial charge on any atom is -0.393 e. The largest absolute Gasteiger partial charge is 0.393 e. The highest BCUT2D eigenvalue weighted by molar-refractivity contribution is 5.60. The first kappa shape index (κ1) is 23.6. The van der Waals surface area contributed by atoms with Crippen molar-refractivity contribution >= 4 is 6.21 Å². The topological polar surface area (TPSA) is 57.5 Å².